The fraction of sp³-hybridized carbons (Fsp3) is 1.00. The Bertz CT molecular complexity index is 164. The molecule has 1 saturated carbocycles. The molecule has 1 aliphatic rings. The van der Waals surface area contributed by atoms with Gasteiger partial charge >= 0.3 is 0 Å². The van der Waals surface area contributed by atoms with E-state index >= 15 is 0 Å². The molecular formula is C12H26N2. The maximum atomic E-state index is 5.70. The second-order valence-electron chi connectivity index (χ2n) is 5.68. The Morgan fingerprint density at radius 3 is 2.71 bits per heavy atom. The molecule has 1 fully saturated rings. The minimum atomic E-state index is 0.358. The molecule has 0 radical (unpaired) electrons. The molecule has 0 aromatic rings. The SMILES string of the molecule is CC(N)CCCNC1CCC(C)(C)C1. The molecule has 14 heavy (non-hydrogen) atoms. The van der Waals surface area contributed by atoms with Gasteiger partial charge in [0.2, 0.25) is 0 Å². The summed E-state index contributed by atoms with van der Waals surface area (Å²) in [7, 11) is 0. The van der Waals surface area contributed by atoms with Gasteiger partial charge in [-0.1, -0.05) is 13.8 Å². The van der Waals surface area contributed by atoms with Crippen LogP contribution in [0.15, 0.2) is 0 Å². The van der Waals surface area contributed by atoms with Crippen molar-refractivity contribution in [1.29, 1.82) is 0 Å². The predicted molar refractivity (Wildman–Crippen MR) is 62.3 cm³/mol. The van der Waals surface area contributed by atoms with Gasteiger partial charge in [-0.15, -0.1) is 0 Å². The molecule has 2 nitrogen and oxygen atoms in total. The summed E-state index contributed by atoms with van der Waals surface area (Å²) in [5.74, 6) is 0. The highest BCUT2D eigenvalue weighted by atomic mass is 14.9. The zero-order valence-electron chi connectivity index (χ0n) is 9.97. The molecule has 0 aromatic heterocycles. The number of rotatable bonds is 5. The van der Waals surface area contributed by atoms with Crippen LogP contribution in [0.25, 0.3) is 0 Å². The summed E-state index contributed by atoms with van der Waals surface area (Å²) in [6, 6.07) is 1.12. The summed E-state index contributed by atoms with van der Waals surface area (Å²) in [4.78, 5) is 0. The van der Waals surface area contributed by atoms with Crippen LogP contribution in [0.2, 0.25) is 0 Å². The van der Waals surface area contributed by atoms with Crippen molar-refractivity contribution in [1.82, 2.24) is 5.32 Å². The average molecular weight is 198 g/mol. The first-order valence-electron chi connectivity index (χ1n) is 5.98. The fourth-order valence-electron chi connectivity index (χ4n) is 2.34. The van der Waals surface area contributed by atoms with Crippen molar-refractivity contribution in [2.24, 2.45) is 11.1 Å². The summed E-state index contributed by atoms with van der Waals surface area (Å²) in [5, 5.41) is 3.64. The maximum absolute atomic E-state index is 5.70. The van der Waals surface area contributed by atoms with Gasteiger partial charge in [-0.25, -0.2) is 0 Å². The van der Waals surface area contributed by atoms with Gasteiger partial charge < -0.3 is 11.1 Å². The summed E-state index contributed by atoms with van der Waals surface area (Å²) < 4.78 is 0. The van der Waals surface area contributed by atoms with Crippen molar-refractivity contribution < 1.29 is 0 Å². The number of hydrogen-bond acceptors (Lipinski definition) is 2. The molecule has 2 atom stereocenters. The van der Waals surface area contributed by atoms with Crippen molar-refractivity contribution in [3.8, 4) is 0 Å². The quantitative estimate of drug-likeness (QED) is 0.665. The minimum absolute atomic E-state index is 0.358. The normalized spacial score (nSPS) is 27.9. The van der Waals surface area contributed by atoms with E-state index in [0.717, 1.165) is 19.0 Å². The zero-order valence-corrected chi connectivity index (χ0v) is 9.97. The minimum Gasteiger partial charge on any atom is -0.328 e. The Kier molecular flexibility index (Phi) is 4.39. The van der Waals surface area contributed by atoms with Gasteiger partial charge in [0, 0.05) is 12.1 Å². The molecular weight excluding hydrogens is 172 g/mol. The first-order chi connectivity index (χ1) is 6.49. The third-order valence-electron chi connectivity index (χ3n) is 3.24. The molecule has 0 aliphatic heterocycles. The number of hydrogen-bond donors (Lipinski definition) is 2. The van der Waals surface area contributed by atoms with Crippen molar-refractivity contribution in [2.75, 3.05) is 6.54 Å². The highest BCUT2D eigenvalue weighted by molar-refractivity contribution is 4.86. The van der Waals surface area contributed by atoms with Gasteiger partial charge in [0.1, 0.15) is 0 Å². The lowest BCUT2D eigenvalue weighted by molar-refractivity contribution is 0.363. The Morgan fingerprint density at radius 2 is 2.21 bits per heavy atom. The smallest absolute Gasteiger partial charge is 0.00723 e. The third kappa shape index (κ3) is 4.43. The molecule has 2 unspecified atom stereocenters. The van der Waals surface area contributed by atoms with E-state index in [4.69, 9.17) is 5.73 Å². The zero-order chi connectivity index (χ0) is 10.6. The lowest BCUT2D eigenvalue weighted by Gasteiger charge is -2.18. The summed E-state index contributed by atoms with van der Waals surface area (Å²) in [5.41, 5.74) is 6.27. The molecule has 1 rings (SSSR count). The summed E-state index contributed by atoms with van der Waals surface area (Å²) >= 11 is 0. The molecule has 0 amide bonds. The standard InChI is InChI=1S/C12H26N2/c1-10(13)5-4-8-14-11-6-7-12(2,3)9-11/h10-11,14H,4-9,13H2,1-3H3. The van der Waals surface area contributed by atoms with Crippen LogP contribution in [-0.4, -0.2) is 18.6 Å². The van der Waals surface area contributed by atoms with E-state index in [9.17, 15) is 0 Å². The van der Waals surface area contributed by atoms with Gasteiger partial charge in [-0.3, -0.25) is 0 Å². The molecule has 3 N–H and O–H groups in total. The van der Waals surface area contributed by atoms with Crippen LogP contribution in [0.5, 0.6) is 0 Å². The largest absolute Gasteiger partial charge is 0.328 e. The fourth-order valence-corrected chi connectivity index (χ4v) is 2.34. The first-order valence-corrected chi connectivity index (χ1v) is 5.98. The van der Waals surface area contributed by atoms with Gasteiger partial charge in [0.05, 0.1) is 0 Å². The van der Waals surface area contributed by atoms with Crippen LogP contribution < -0.4 is 11.1 Å². The Hall–Kier alpha value is -0.0800. The monoisotopic (exact) mass is 198 g/mol. The van der Waals surface area contributed by atoms with Crippen LogP contribution in [0.3, 0.4) is 0 Å². The molecule has 1 aliphatic carbocycles. The molecule has 2 heteroatoms. The average Bonchev–Trinajstić information content (AvgIpc) is 2.39. The topological polar surface area (TPSA) is 38.0 Å². The number of nitrogens with two attached hydrogens (primary N) is 1. The Labute approximate surface area is 88.6 Å². The lowest BCUT2D eigenvalue weighted by atomic mass is 9.92. The second-order valence-corrected chi connectivity index (χ2v) is 5.68. The molecule has 0 spiro atoms. The van der Waals surface area contributed by atoms with Crippen molar-refractivity contribution in [3.63, 3.8) is 0 Å². The van der Waals surface area contributed by atoms with Crippen LogP contribution in [0, 0.1) is 5.41 Å². The lowest BCUT2D eigenvalue weighted by Crippen LogP contribution is -2.29. The molecule has 0 heterocycles. The predicted octanol–water partition coefficient (Wildman–Crippen LogP) is 2.28. The highest BCUT2D eigenvalue weighted by Gasteiger charge is 2.30. The van der Waals surface area contributed by atoms with E-state index in [1.165, 1.54) is 25.7 Å². The van der Waals surface area contributed by atoms with E-state index < -0.39 is 0 Å². The van der Waals surface area contributed by atoms with Crippen LogP contribution in [0.1, 0.15) is 52.9 Å². The van der Waals surface area contributed by atoms with Gasteiger partial charge in [0.25, 0.3) is 0 Å². The third-order valence-corrected chi connectivity index (χ3v) is 3.24. The molecule has 0 bridgehead atoms. The second kappa shape index (κ2) is 5.13. The van der Waals surface area contributed by atoms with Gasteiger partial charge in [0.15, 0.2) is 0 Å². The van der Waals surface area contributed by atoms with E-state index in [-0.39, 0.29) is 0 Å². The van der Waals surface area contributed by atoms with Crippen LogP contribution in [-0.2, 0) is 0 Å². The maximum Gasteiger partial charge on any atom is 0.00723 e. The van der Waals surface area contributed by atoms with Gasteiger partial charge in [-0.2, -0.15) is 0 Å². The van der Waals surface area contributed by atoms with E-state index in [0.29, 0.717) is 11.5 Å². The van der Waals surface area contributed by atoms with Gasteiger partial charge in [-0.05, 0) is 51.0 Å². The summed E-state index contributed by atoms with van der Waals surface area (Å²) in [6.45, 7) is 7.97. The van der Waals surface area contributed by atoms with E-state index in [1.54, 1.807) is 0 Å². The Morgan fingerprint density at radius 1 is 1.50 bits per heavy atom. The van der Waals surface area contributed by atoms with Crippen LogP contribution in [0.4, 0.5) is 0 Å². The molecule has 0 saturated heterocycles. The van der Waals surface area contributed by atoms with Crippen LogP contribution >= 0.6 is 0 Å². The van der Waals surface area contributed by atoms with Crippen molar-refractivity contribution in [3.05, 3.63) is 0 Å². The molecule has 0 aromatic carbocycles. The Balaban J connectivity index is 2.03. The number of nitrogens with one attached hydrogen (secondary N) is 1. The van der Waals surface area contributed by atoms with Crippen molar-refractivity contribution in [2.45, 2.75) is 65.0 Å². The van der Waals surface area contributed by atoms with Crippen molar-refractivity contribution >= 4 is 0 Å². The molecule has 84 valence electrons. The summed E-state index contributed by atoms with van der Waals surface area (Å²) in [6.07, 6.45) is 6.42. The van der Waals surface area contributed by atoms with E-state index in [1.807, 2.05) is 0 Å². The highest BCUT2D eigenvalue weighted by Crippen LogP contribution is 2.36. The first kappa shape index (κ1) is 12.0. The van der Waals surface area contributed by atoms with E-state index in [2.05, 4.69) is 26.1 Å².